The SMILES string of the molecule is CCCCN1CC=C[C@]23S[C@H]4/C=C\CCCCOC(=O)[C@H]4[C@H]2C(=O)N(CCO)C3C1=O. The predicted octanol–water partition coefficient (Wildman–Crippen LogP) is 1.76. The molecular weight excluding hydrogens is 416 g/mol. The van der Waals surface area contributed by atoms with Crippen LogP contribution in [0.5, 0.6) is 0 Å². The molecule has 1 unspecified atom stereocenters. The van der Waals surface area contributed by atoms with E-state index in [0.29, 0.717) is 19.7 Å². The maximum absolute atomic E-state index is 13.7. The van der Waals surface area contributed by atoms with Gasteiger partial charge in [-0.3, -0.25) is 14.4 Å². The van der Waals surface area contributed by atoms with E-state index >= 15 is 0 Å². The standard InChI is InChI=1S/C23H32N2O5S/c1-2-3-11-24-12-8-10-23-18(20(27)25(13-14-26)19(23)21(24)28)17-16(31-23)9-6-4-5-7-15-30-22(17)29/h6,8-10,16-19,26H,2-5,7,11-15H2,1H3/b9-6-/t16-,17+,18-,19?,23-/m0/s1. The van der Waals surface area contributed by atoms with Gasteiger partial charge in [0.05, 0.1) is 29.8 Å². The summed E-state index contributed by atoms with van der Waals surface area (Å²) in [6.07, 6.45) is 12.6. The molecule has 4 aliphatic heterocycles. The first-order chi connectivity index (χ1) is 15.0. The number of likely N-dealkylation sites (tertiary alicyclic amines) is 1. The van der Waals surface area contributed by atoms with Crippen LogP contribution in [0.3, 0.4) is 0 Å². The van der Waals surface area contributed by atoms with Gasteiger partial charge in [0, 0.05) is 24.9 Å². The average Bonchev–Trinajstić information content (AvgIpc) is 3.13. The Hall–Kier alpha value is -1.80. The smallest absolute Gasteiger partial charge is 0.311 e. The second-order valence-electron chi connectivity index (χ2n) is 8.73. The first-order valence-corrected chi connectivity index (χ1v) is 12.3. The molecular formula is C23H32N2O5S. The molecule has 0 aromatic rings. The minimum absolute atomic E-state index is 0.0867. The van der Waals surface area contributed by atoms with Gasteiger partial charge in [-0.05, 0) is 25.7 Å². The van der Waals surface area contributed by atoms with Crippen LogP contribution in [-0.4, -0.2) is 81.6 Å². The van der Waals surface area contributed by atoms with E-state index in [1.807, 2.05) is 23.1 Å². The summed E-state index contributed by atoms with van der Waals surface area (Å²) >= 11 is 1.55. The minimum Gasteiger partial charge on any atom is -0.465 e. The molecule has 2 fully saturated rings. The fourth-order valence-corrected chi connectivity index (χ4v) is 7.36. The third-order valence-electron chi connectivity index (χ3n) is 6.81. The highest BCUT2D eigenvalue weighted by Gasteiger charge is 2.70. The Bertz CT molecular complexity index is 784. The summed E-state index contributed by atoms with van der Waals surface area (Å²) in [6.45, 7) is 3.45. The second-order valence-corrected chi connectivity index (χ2v) is 10.2. The number of unbranched alkanes of at least 4 members (excludes halogenated alkanes) is 1. The summed E-state index contributed by atoms with van der Waals surface area (Å²) in [4.78, 5) is 43.8. The fourth-order valence-electron chi connectivity index (χ4n) is 5.36. The fraction of sp³-hybridized carbons (Fsp3) is 0.696. The number of thioether (sulfide) groups is 1. The molecule has 2 saturated heterocycles. The lowest BCUT2D eigenvalue weighted by atomic mass is 9.78. The maximum Gasteiger partial charge on any atom is 0.311 e. The number of aliphatic hydroxyl groups is 1. The Kier molecular flexibility index (Phi) is 6.77. The van der Waals surface area contributed by atoms with E-state index in [1.54, 1.807) is 11.8 Å². The van der Waals surface area contributed by atoms with Crippen LogP contribution in [0, 0.1) is 11.8 Å². The molecule has 0 bridgehead atoms. The largest absolute Gasteiger partial charge is 0.465 e. The van der Waals surface area contributed by atoms with E-state index in [4.69, 9.17) is 4.74 Å². The summed E-state index contributed by atoms with van der Waals surface area (Å²) in [6, 6.07) is -0.711. The number of hydrogen-bond donors (Lipinski definition) is 1. The number of β-amino-alcohol motifs (C(OH)–C–C–N with tert-alkyl or cyclic N) is 1. The predicted molar refractivity (Wildman–Crippen MR) is 118 cm³/mol. The van der Waals surface area contributed by atoms with Crippen molar-refractivity contribution in [3.63, 3.8) is 0 Å². The Morgan fingerprint density at radius 3 is 2.81 bits per heavy atom. The number of aliphatic hydroxyl groups excluding tert-OH is 1. The second kappa shape index (κ2) is 9.36. The van der Waals surface area contributed by atoms with Gasteiger partial charge in [-0.1, -0.05) is 37.6 Å². The molecule has 7 nitrogen and oxygen atoms in total. The van der Waals surface area contributed by atoms with Crippen molar-refractivity contribution in [2.75, 3.05) is 32.8 Å². The summed E-state index contributed by atoms with van der Waals surface area (Å²) in [5.41, 5.74) is 0. The molecule has 0 saturated carbocycles. The highest BCUT2D eigenvalue weighted by Crippen LogP contribution is 2.60. The topological polar surface area (TPSA) is 87.2 Å². The van der Waals surface area contributed by atoms with Crippen LogP contribution in [0.15, 0.2) is 24.3 Å². The quantitative estimate of drug-likeness (QED) is 0.509. The van der Waals surface area contributed by atoms with Crippen molar-refractivity contribution in [3.05, 3.63) is 24.3 Å². The first kappa shape index (κ1) is 22.4. The number of fused-ring (bicyclic) bond motifs is 2. The molecule has 31 heavy (non-hydrogen) atoms. The molecule has 4 heterocycles. The third-order valence-corrected chi connectivity index (χ3v) is 8.55. The maximum atomic E-state index is 13.7. The van der Waals surface area contributed by atoms with Gasteiger partial charge in [0.1, 0.15) is 6.04 Å². The molecule has 5 atom stereocenters. The number of carbonyl (C=O) groups excluding carboxylic acids is 3. The summed E-state index contributed by atoms with van der Waals surface area (Å²) in [5, 5.41) is 9.44. The molecule has 0 aliphatic carbocycles. The summed E-state index contributed by atoms with van der Waals surface area (Å²) < 4.78 is 4.74. The number of ether oxygens (including phenoxy) is 1. The number of amides is 2. The van der Waals surface area contributed by atoms with E-state index in [-0.39, 0.29) is 36.2 Å². The van der Waals surface area contributed by atoms with Crippen molar-refractivity contribution >= 4 is 29.5 Å². The zero-order valence-corrected chi connectivity index (χ0v) is 18.9. The molecule has 1 spiro atoms. The van der Waals surface area contributed by atoms with E-state index in [9.17, 15) is 19.5 Å². The molecule has 4 rings (SSSR count). The van der Waals surface area contributed by atoms with Crippen LogP contribution in [-0.2, 0) is 19.1 Å². The number of nitrogens with zero attached hydrogens (tertiary/aromatic N) is 2. The molecule has 2 amide bonds. The lowest BCUT2D eigenvalue weighted by Crippen LogP contribution is -2.53. The van der Waals surface area contributed by atoms with Gasteiger partial charge in [-0.25, -0.2) is 0 Å². The monoisotopic (exact) mass is 448 g/mol. The van der Waals surface area contributed by atoms with Crippen LogP contribution >= 0.6 is 11.8 Å². The van der Waals surface area contributed by atoms with Crippen molar-refractivity contribution in [3.8, 4) is 0 Å². The van der Waals surface area contributed by atoms with Gasteiger partial charge in [-0.15, -0.1) is 11.8 Å². The van der Waals surface area contributed by atoms with E-state index < -0.39 is 22.6 Å². The van der Waals surface area contributed by atoms with E-state index in [2.05, 4.69) is 13.0 Å². The number of esters is 1. The van der Waals surface area contributed by atoms with Crippen molar-refractivity contribution < 1.29 is 24.2 Å². The van der Waals surface area contributed by atoms with Gasteiger partial charge in [-0.2, -0.15) is 0 Å². The highest BCUT2D eigenvalue weighted by molar-refractivity contribution is 8.02. The van der Waals surface area contributed by atoms with Gasteiger partial charge in [0.15, 0.2) is 0 Å². The van der Waals surface area contributed by atoms with Crippen molar-refractivity contribution in [2.45, 2.75) is 55.1 Å². The van der Waals surface area contributed by atoms with Gasteiger partial charge in [0.2, 0.25) is 11.8 Å². The van der Waals surface area contributed by atoms with Gasteiger partial charge < -0.3 is 19.6 Å². The Morgan fingerprint density at radius 1 is 1.19 bits per heavy atom. The number of hydrogen-bond acceptors (Lipinski definition) is 6. The summed E-state index contributed by atoms with van der Waals surface area (Å²) in [7, 11) is 0. The minimum atomic E-state index is -0.822. The highest BCUT2D eigenvalue weighted by atomic mass is 32.2. The Labute approximate surface area is 187 Å². The molecule has 0 radical (unpaired) electrons. The molecule has 1 N–H and O–H groups in total. The lowest BCUT2D eigenvalue weighted by Gasteiger charge is -2.35. The normalized spacial score (nSPS) is 36.5. The number of cyclic esters (lactones) is 1. The number of rotatable bonds is 5. The zero-order chi connectivity index (χ0) is 22.0. The van der Waals surface area contributed by atoms with Gasteiger partial charge in [0.25, 0.3) is 0 Å². The van der Waals surface area contributed by atoms with Crippen molar-refractivity contribution in [1.82, 2.24) is 9.80 Å². The van der Waals surface area contributed by atoms with Crippen LogP contribution < -0.4 is 0 Å². The number of allylic oxidation sites excluding steroid dienone is 1. The zero-order valence-electron chi connectivity index (χ0n) is 18.1. The van der Waals surface area contributed by atoms with Gasteiger partial charge >= 0.3 is 5.97 Å². The Balaban J connectivity index is 1.77. The van der Waals surface area contributed by atoms with Crippen LogP contribution in [0.1, 0.15) is 39.0 Å². The lowest BCUT2D eigenvalue weighted by molar-refractivity contribution is -0.153. The van der Waals surface area contributed by atoms with E-state index in [1.165, 1.54) is 4.90 Å². The van der Waals surface area contributed by atoms with Crippen LogP contribution in [0.2, 0.25) is 0 Å². The third kappa shape index (κ3) is 3.82. The molecule has 170 valence electrons. The summed E-state index contributed by atoms with van der Waals surface area (Å²) in [5.74, 6) is -1.95. The van der Waals surface area contributed by atoms with Crippen molar-refractivity contribution in [2.24, 2.45) is 11.8 Å². The van der Waals surface area contributed by atoms with Crippen LogP contribution in [0.4, 0.5) is 0 Å². The number of carbonyl (C=O) groups is 3. The van der Waals surface area contributed by atoms with Crippen LogP contribution in [0.25, 0.3) is 0 Å². The van der Waals surface area contributed by atoms with Crippen molar-refractivity contribution in [1.29, 1.82) is 0 Å². The first-order valence-electron chi connectivity index (χ1n) is 11.4. The Morgan fingerprint density at radius 2 is 2.03 bits per heavy atom. The molecule has 8 heteroatoms. The molecule has 0 aromatic heterocycles. The average molecular weight is 449 g/mol. The van der Waals surface area contributed by atoms with E-state index in [0.717, 1.165) is 32.1 Å². The molecule has 0 aromatic carbocycles. The molecule has 4 aliphatic rings.